The highest BCUT2D eigenvalue weighted by atomic mass is 31.2. The molecule has 2 atom stereocenters. The van der Waals surface area contributed by atoms with Crippen LogP contribution in [0.3, 0.4) is 0 Å². The molecule has 9 nitrogen and oxygen atoms in total. The zero-order valence-electron chi connectivity index (χ0n) is 52.7. The van der Waals surface area contributed by atoms with Gasteiger partial charge in [-0.3, -0.25) is 18.6 Å². The van der Waals surface area contributed by atoms with Crippen molar-refractivity contribution < 1.29 is 37.6 Å². The average molecular weight is 1190 g/mol. The van der Waals surface area contributed by atoms with Crippen molar-refractivity contribution in [2.45, 2.75) is 213 Å². The highest BCUT2D eigenvalue weighted by Gasteiger charge is 2.26. The molecule has 0 aromatic rings. The van der Waals surface area contributed by atoms with Crippen LogP contribution in [0.1, 0.15) is 206 Å². The number of rotatable bonds is 57. The summed E-state index contributed by atoms with van der Waals surface area (Å²) in [7, 11) is -4.42. The molecule has 85 heavy (non-hydrogen) atoms. The molecule has 3 N–H and O–H groups in total. The summed E-state index contributed by atoms with van der Waals surface area (Å²) in [4.78, 5) is 35.2. The van der Waals surface area contributed by atoms with Gasteiger partial charge in [0.05, 0.1) is 13.2 Å². The largest absolute Gasteiger partial charge is 0.472 e. The Balaban J connectivity index is 4.12. The Morgan fingerprint density at radius 2 is 0.612 bits per heavy atom. The first-order valence-corrected chi connectivity index (χ1v) is 33.7. The van der Waals surface area contributed by atoms with Crippen LogP contribution in [0, 0.1) is 0 Å². The standard InChI is InChI=1S/C75H114NO8P/c1-3-5-7-9-11-13-15-17-19-21-23-25-27-28-29-30-31-32-33-34-35-36-37-38-39-40-41-42-43-44-46-48-50-52-54-56-58-60-62-64-66-68-75(78)84-73(72-83-85(79,80)82-70-69-76)71-81-74(77)67-65-63-61-59-57-55-53-51-49-47-45-26-24-22-20-18-16-14-12-10-8-6-4-2/h5-8,11-14,17-20,23-26,28-29,31-32,34-35,37-38,40-41,43-44,47-50,53-56,73H,3-4,9-10,15-16,21-22,27,30,33,36,39,42,45-46,51-52,57-72,76H2,1-2H3,(H,79,80)/b7-5-,8-6-,13-11-,14-12-,19-17-,20-18-,25-23-,26-24-,29-28-,32-31-,35-34-,38-37-,41-40-,44-43-,49-47-,50-48-,55-53-,56-54-. The molecule has 0 rings (SSSR count). The van der Waals surface area contributed by atoms with E-state index in [1.165, 1.54) is 0 Å². The van der Waals surface area contributed by atoms with Crippen LogP contribution in [0.5, 0.6) is 0 Å². The zero-order valence-corrected chi connectivity index (χ0v) is 53.6. The van der Waals surface area contributed by atoms with Gasteiger partial charge in [-0.2, -0.15) is 0 Å². The van der Waals surface area contributed by atoms with Crippen molar-refractivity contribution in [1.29, 1.82) is 0 Å². The summed E-state index contributed by atoms with van der Waals surface area (Å²) in [5.41, 5.74) is 5.38. The van der Waals surface area contributed by atoms with E-state index in [9.17, 15) is 19.0 Å². The maximum absolute atomic E-state index is 12.7. The second kappa shape index (κ2) is 67.5. The molecule has 0 aliphatic carbocycles. The molecule has 0 amide bonds. The van der Waals surface area contributed by atoms with Crippen molar-refractivity contribution in [2.75, 3.05) is 26.4 Å². The molecule has 0 heterocycles. The molecule has 0 aromatic heterocycles. The Labute approximate surface area is 518 Å². The Morgan fingerprint density at radius 3 is 0.894 bits per heavy atom. The minimum atomic E-state index is -4.42. The van der Waals surface area contributed by atoms with Gasteiger partial charge < -0.3 is 20.1 Å². The van der Waals surface area contributed by atoms with Gasteiger partial charge in [0.1, 0.15) is 6.61 Å². The molecular formula is C75H114NO8P. The normalized spacial score (nSPS) is 14.4. The lowest BCUT2D eigenvalue weighted by molar-refractivity contribution is -0.161. The minimum absolute atomic E-state index is 0.0322. The lowest BCUT2D eigenvalue weighted by Gasteiger charge is -2.19. The highest BCUT2D eigenvalue weighted by Crippen LogP contribution is 2.43. The number of hydrogen-bond acceptors (Lipinski definition) is 8. The van der Waals surface area contributed by atoms with Crippen molar-refractivity contribution in [3.63, 3.8) is 0 Å². The first-order chi connectivity index (χ1) is 41.8. The van der Waals surface area contributed by atoms with Crippen LogP contribution in [-0.2, 0) is 32.7 Å². The van der Waals surface area contributed by atoms with Gasteiger partial charge >= 0.3 is 19.8 Å². The van der Waals surface area contributed by atoms with E-state index in [1.807, 2.05) is 0 Å². The number of allylic oxidation sites excluding steroid dienone is 36. The van der Waals surface area contributed by atoms with Crippen molar-refractivity contribution in [1.82, 2.24) is 0 Å². The Bertz CT molecular complexity index is 2190. The van der Waals surface area contributed by atoms with Gasteiger partial charge in [0.25, 0.3) is 0 Å². The van der Waals surface area contributed by atoms with Gasteiger partial charge in [0.15, 0.2) is 6.10 Å². The molecule has 2 unspecified atom stereocenters. The number of ether oxygens (including phenoxy) is 2. The first-order valence-electron chi connectivity index (χ1n) is 32.2. The minimum Gasteiger partial charge on any atom is -0.462 e. The Morgan fingerprint density at radius 1 is 0.353 bits per heavy atom. The molecule has 0 saturated heterocycles. The van der Waals surface area contributed by atoms with Crippen molar-refractivity contribution in [3.8, 4) is 0 Å². The summed E-state index contributed by atoms with van der Waals surface area (Å²) in [6, 6.07) is 0. The monoisotopic (exact) mass is 1190 g/mol. The van der Waals surface area contributed by atoms with E-state index >= 15 is 0 Å². The average Bonchev–Trinajstić information content (AvgIpc) is 3.52. The molecule has 472 valence electrons. The summed E-state index contributed by atoms with van der Waals surface area (Å²) in [5, 5.41) is 0. The second-order valence-corrected chi connectivity index (χ2v) is 21.6. The number of phosphoric ester groups is 1. The summed E-state index contributed by atoms with van der Waals surface area (Å²) >= 11 is 0. The number of nitrogens with two attached hydrogens (primary N) is 1. The van der Waals surface area contributed by atoms with Gasteiger partial charge in [-0.25, -0.2) is 4.57 Å². The maximum Gasteiger partial charge on any atom is 0.472 e. The van der Waals surface area contributed by atoms with Gasteiger partial charge in [-0.05, 0) is 154 Å². The number of phosphoric acid groups is 1. The number of esters is 2. The van der Waals surface area contributed by atoms with Gasteiger partial charge in [-0.1, -0.05) is 258 Å². The molecule has 10 heteroatoms. The third-order valence-corrected chi connectivity index (χ3v) is 13.3. The maximum atomic E-state index is 12.7. The smallest absolute Gasteiger partial charge is 0.462 e. The van der Waals surface area contributed by atoms with Gasteiger partial charge in [0.2, 0.25) is 0 Å². The van der Waals surface area contributed by atoms with E-state index in [4.69, 9.17) is 24.3 Å². The van der Waals surface area contributed by atoms with E-state index in [2.05, 4.69) is 233 Å². The molecular weight excluding hydrogens is 1070 g/mol. The molecule has 0 saturated carbocycles. The van der Waals surface area contributed by atoms with Crippen LogP contribution in [0.25, 0.3) is 0 Å². The fraction of sp³-hybridized carbons (Fsp3) is 0.493. The number of carbonyl (C=O) groups is 2. The molecule has 0 radical (unpaired) electrons. The summed E-state index contributed by atoms with van der Waals surface area (Å²) < 4.78 is 33.0. The molecule has 0 aliphatic heterocycles. The lowest BCUT2D eigenvalue weighted by Crippen LogP contribution is -2.29. The SMILES string of the molecule is CC/C=C\C/C=C\C/C=C\C/C=C\C/C=C\C/C=C\C/C=C\C/C=C\C/C=C\C/C=C\C/C=C\C/C=C\CCCCCCC(=O)OC(COC(=O)CCCCCC/C=C\C/C=C\C/C=C\C/C=C\C/C=C\C/C=C\CC)COP(=O)(O)OCCN. The lowest BCUT2D eigenvalue weighted by atomic mass is 10.1. The number of hydrogen-bond donors (Lipinski definition) is 2. The van der Waals surface area contributed by atoms with E-state index in [-0.39, 0.29) is 32.6 Å². The summed E-state index contributed by atoms with van der Waals surface area (Å²) in [5.74, 6) is -0.907. The molecule has 0 aliphatic rings. The van der Waals surface area contributed by atoms with Crippen LogP contribution >= 0.6 is 7.82 Å². The van der Waals surface area contributed by atoms with Crippen LogP contribution in [0.15, 0.2) is 219 Å². The molecule has 0 spiro atoms. The summed E-state index contributed by atoms with van der Waals surface area (Å²) in [6.07, 6.45) is 106. The first kappa shape index (κ1) is 79.3. The van der Waals surface area contributed by atoms with E-state index in [1.54, 1.807) is 0 Å². The molecule has 0 aromatic carbocycles. The van der Waals surface area contributed by atoms with E-state index in [0.29, 0.717) is 12.8 Å². The fourth-order valence-electron chi connectivity index (χ4n) is 7.68. The predicted octanol–water partition coefficient (Wildman–Crippen LogP) is 21.3. The highest BCUT2D eigenvalue weighted by molar-refractivity contribution is 7.47. The van der Waals surface area contributed by atoms with Crippen molar-refractivity contribution in [3.05, 3.63) is 219 Å². The zero-order chi connectivity index (χ0) is 61.6. The Kier molecular flexibility index (Phi) is 63.0. The quantitative estimate of drug-likeness (QED) is 0.0264. The second-order valence-electron chi connectivity index (χ2n) is 20.2. The van der Waals surface area contributed by atoms with Crippen LogP contribution in [-0.4, -0.2) is 49.3 Å². The van der Waals surface area contributed by atoms with Crippen molar-refractivity contribution >= 4 is 19.8 Å². The summed E-state index contributed by atoms with van der Waals surface area (Å²) in [6.45, 7) is 3.41. The molecule has 0 fully saturated rings. The molecule has 0 bridgehead atoms. The van der Waals surface area contributed by atoms with Crippen molar-refractivity contribution in [2.24, 2.45) is 5.73 Å². The predicted molar refractivity (Wildman–Crippen MR) is 366 cm³/mol. The van der Waals surface area contributed by atoms with Gasteiger partial charge in [0, 0.05) is 19.4 Å². The van der Waals surface area contributed by atoms with Crippen LogP contribution < -0.4 is 5.73 Å². The number of unbranched alkanes of at least 4 members (excludes halogenated alkanes) is 8. The van der Waals surface area contributed by atoms with Crippen LogP contribution in [0.2, 0.25) is 0 Å². The third-order valence-electron chi connectivity index (χ3n) is 12.4. The van der Waals surface area contributed by atoms with Gasteiger partial charge in [-0.15, -0.1) is 0 Å². The topological polar surface area (TPSA) is 134 Å². The Hall–Kier alpha value is -5.67. The van der Waals surface area contributed by atoms with Crippen LogP contribution in [0.4, 0.5) is 0 Å². The van der Waals surface area contributed by atoms with E-state index in [0.717, 1.165) is 167 Å². The van der Waals surface area contributed by atoms with E-state index < -0.39 is 32.5 Å². The third kappa shape index (κ3) is 67.3. The fourth-order valence-corrected chi connectivity index (χ4v) is 8.44. The number of carbonyl (C=O) groups excluding carboxylic acids is 2.